The molecule has 0 bridgehead atoms. The first kappa shape index (κ1) is 18.1. The number of nitrogens with zero attached hydrogens (tertiary/aromatic N) is 3. The van der Waals surface area contributed by atoms with Crippen molar-refractivity contribution in [2.75, 3.05) is 7.11 Å². The number of benzene rings is 2. The monoisotopic (exact) mass is 369 g/mol. The molecule has 0 aliphatic heterocycles. The van der Waals surface area contributed by atoms with Gasteiger partial charge in [0.15, 0.2) is 6.10 Å². The number of carbonyl (C=O) groups excluding carboxylic acids is 1. The molecular weight excluding hydrogens is 354 g/mol. The lowest BCUT2D eigenvalue weighted by molar-refractivity contribution is -0.384. The molecule has 0 saturated heterocycles. The Morgan fingerprint density at radius 1 is 1.19 bits per heavy atom. The summed E-state index contributed by atoms with van der Waals surface area (Å²) in [5.41, 5.74) is 0.413. The number of carbonyl (C=O) groups is 1. The van der Waals surface area contributed by atoms with Crippen LogP contribution in [-0.4, -0.2) is 28.2 Å². The summed E-state index contributed by atoms with van der Waals surface area (Å²) in [6.45, 7) is 1.56. The second kappa shape index (κ2) is 7.65. The maximum Gasteiger partial charge on any atom is 0.342 e. The normalized spacial score (nSPS) is 11.6. The average Bonchev–Trinajstić information content (AvgIpc) is 3.18. The number of nitro benzene ring substituents is 1. The maximum atomic E-state index is 12.4. The fourth-order valence-corrected chi connectivity index (χ4v) is 2.34. The molecular formula is C18H15N3O6. The van der Waals surface area contributed by atoms with Gasteiger partial charge < -0.3 is 13.9 Å². The predicted octanol–water partition coefficient (Wildman–Crippen LogP) is 3.57. The van der Waals surface area contributed by atoms with Crippen LogP contribution in [0.5, 0.6) is 5.75 Å². The van der Waals surface area contributed by atoms with Gasteiger partial charge in [-0.05, 0) is 25.1 Å². The molecule has 9 nitrogen and oxygen atoms in total. The molecule has 27 heavy (non-hydrogen) atoms. The lowest BCUT2D eigenvalue weighted by Gasteiger charge is -2.11. The van der Waals surface area contributed by atoms with Crippen LogP contribution >= 0.6 is 0 Å². The van der Waals surface area contributed by atoms with Gasteiger partial charge in [-0.15, -0.1) is 10.2 Å². The van der Waals surface area contributed by atoms with Crippen molar-refractivity contribution in [2.24, 2.45) is 0 Å². The van der Waals surface area contributed by atoms with Gasteiger partial charge in [-0.25, -0.2) is 4.79 Å². The largest absolute Gasteiger partial charge is 0.496 e. The zero-order chi connectivity index (χ0) is 19.4. The van der Waals surface area contributed by atoms with Gasteiger partial charge in [0.2, 0.25) is 5.89 Å². The highest BCUT2D eigenvalue weighted by Gasteiger charge is 2.24. The number of ether oxygens (including phenoxy) is 2. The molecule has 0 saturated carbocycles. The fourth-order valence-electron chi connectivity index (χ4n) is 2.34. The van der Waals surface area contributed by atoms with Crippen molar-refractivity contribution in [3.63, 3.8) is 0 Å². The minimum absolute atomic E-state index is 0.0682. The fraction of sp³-hybridized carbons (Fsp3) is 0.167. The zero-order valence-electron chi connectivity index (χ0n) is 14.5. The van der Waals surface area contributed by atoms with Crippen molar-refractivity contribution in [3.8, 4) is 17.2 Å². The van der Waals surface area contributed by atoms with Gasteiger partial charge in [-0.1, -0.05) is 18.2 Å². The molecule has 1 aromatic heterocycles. The maximum absolute atomic E-state index is 12.4. The van der Waals surface area contributed by atoms with Crippen molar-refractivity contribution in [2.45, 2.75) is 13.0 Å². The SMILES string of the molecule is COc1ccc([N+](=O)[O-])cc1C(=O)O[C@H](C)c1nnc(-c2ccccc2)o1. The molecule has 0 unspecified atom stereocenters. The van der Waals surface area contributed by atoms with Crippen molar-refractivity contribution < 1.29 is 23.6 Å². The highest BCUT2D eigenvalue weighted by Crippen LogP contribution is 2.27. The van der Waals surface area contributed by atoms with E-state index in [1.807, 2.05) is 30.3 Å². The predicted molar refractivity (Wildman–Crippen MR) is 93.2 cm³/mol. The Kier molecular flexibility index (Phi) is 5.11. The summed E-state index contributed by atoms with van der Waals surface area (Å²) >= 11 is 0. The summed E-state index contributed by atoms with van der Waals surface area (Å²) in [6, 6.07) is 12.8. The third kappa shape index (κ3) is 3.92. The highest BCUT2D eigenvalue weighted by atomic mass is 16.6. The summed E-state index contributed by atoms with van der Waals surface area (Å²) in [5.74, 6) is -0.246. The van der Waals surface area contributed by atoms with Crippen LogP contribution in [0.25, 0.3) is 11.5 Å². The number of aromatic nitrogens is 2. The number of hydrogen-bond donors (Lipinski definition) is 0. The van der Waals surface area contributed by atoms with E-state index in [9.17, 15) is 14.9 Å². The standard InChI is InChI=1S/C18H15N3O6/c1-11(16-19-20-17(27-16)12-6-4-3-5-7-12)26-18(22)14-10-13(21(23)24)8-9-15(14)25-2/h3-11H,1-2H3/t11-/m1/s1. The first-order chi connectivity index (χ1) is 13.0. The Morgan fingerprint density at radius 2 is 1.93 bits per heavy atom. The second-order valence-electron chi connectivity index (χ2n) is 5.50. The van der Waals surface area contributed by atoms with Crippen molar-refractivity contribution in [1.82, 2.24) is 10.2 Å². The first-order valence-corrected chi connectivity index (χ1v) is 7.92. The van der Waals surface area contributed by atoms with Crippen LogP contribution in [0.1, 0.15) is 29.3 Å². The van der Waals surface area contributed by atoms with Crippen LogP contribution in [-0.2, 0) is 4.74 Å². The Labute approximate surface area is 153 Å². The lowest BCUT2D eigenvalue weighted by atomic mass is 10.2. The third-order valence-corrected chi connectivity index (χ3v) is 3.71. The van der Waals surface area contributed by atoms with Crippen LogP contribution in [0.4, 0.5) is 5.69 Å². The molecule has 2 aromatic carbocycles. The van der Waals surface area contributed by atoms with Gasteiger partial charge in [-0.3, -0.25) is 10.1 Å². The second-order valence-corrected chi connectivity index (χ2v) is 5.50. The highest BCUT2D eigenvalue weighted by molar-refractivity contribution is 5.93. The van der Waals surface area contributed by atoms with E-state index in [2.05, 4.69) is 10.2 Å². The van der Waals surface area contributed by atoms with Crippen LogP contribution in [0.2, 0.25) is 0 Å². The summed E-state index contributed by atoms with van der Waals surface area (Å²) in [4.78, 5) is 22.8. The summed E-state index contributed by atoms with van der Waals surface area (Å²) in [5, 5.41) is 18.8. The zero-order valence-corrected chi connectivity index (χ0v) is 14.5. The van der Waals surface area contributed by atoms with Gasteiger partial charge in [0.25, 0.3) is 11.6 Å². The number of methoxy groups -OCH3 is 1. The Balaban J connectivity index is 1.79. The molecule has 0 amide bonds. The molecule has 1 atom stereocenters. The van der Waals surface area contributed by atoms with Gasteiger partial charge in [-0.2, -0.15) is 0 Å². The molecule has 0 aliphatic carbocycles. The minimum atomic E-state index is -0.855. The topological polar surface area (TPSA) is 118 Å². The smallest absolute Gasteiger partial charge is 0.342 e. The van der Waals surface area contributed by atoms with Crippen LogP contribution in [0.3, 0.4) is 0 Å². The molecule has 0 aliphatic rings. The minimum Gasteiger partial charge on any atom is -0.496 e. The van der Waals surface area contributed by atoms with E-state index in [1.54, 1.807) is 6.92 Å². The van der Waals surface area contributed by atoms with Crippen molar-refractivity contribution in [1.29, 1.82) is 0 Å². The van der Waals surface area contributed by atoms with Gasteiger partial charge in [0.05, 0.1) is 12.0 Å². The summed E-state index contributed by atoms with van der Waals surface area (Å²) in [7, 11) is 1.35. The first-order valence-electron chi connectivity index (χ1n) is 7.92. The van der Waals surface area contributed by atoms with Crippen LogP contribution in [0.15, 0.2) is 52.9 Å². The van der Waals surface area contributed by atoms with Gasteiger partial charge in [0, 0.05) is 17.7 Å². The van der Waals surface area contributed by atoms with E-state index in [4.69, 9.17) is 13.9 Å². The van der Waals surface area contributed by atoms with E-state index in [1.165, 1.54) is 19.2 Å². The lowest BCUT2D eigenvalue weighted by Crippen LogP contribution is -2.11. The van der Waals surface area contributed by atoms with Gasteiger partial charge in [0.1, 0.15) is 11.3 Å². The van der Waals surface area contributed by atoms with Crippen molar-refractivity contribution in [3.05, 3.63) is 70.1 Å². The molecule has 0 N–H and O–H groups in total. The Morgan fingerprint density at radius 3 is 2.59 bits per heavy atom. The molecule has 1 heterocycles. The summed E-state index contributed by atoms with van der Waals surface area (Å²) < 4.78 is 15.9. The van der Waals surface area contributed by atoms with E-state index in [0.717, 1.165) is 11.6 Å². The molecule has 3 rings (SSSR count). The van der Waals surface area contributed by atoms with Crippen molar-refractivity contribution >= 4 is 11.7 Å². The third-order valence-electron chi connectivity index (χ3n) is 3.71. The Hall–Kier alpha value is -3.75. The molecule has 0 spiro atoms. The number of esters is 1. The molecule has 3 aromatic rings. The summed E-state index contributed by atoms with van der Waals surface area (Å²) in [6.07, 6.45) is -0.855. The quantitative estimate of drug-likeness (QED) is 0.368. The average molecular weight is 369 g/mol. The van der Waals surface area contributed by atoms with E-state index < -0.39 is 17.0 Å². The number of non-ortho nitro benzene ring substituents is 1. The molecule has 9 heteroatoms. The van der Waals surface area contributed by atoms with E-state index >= 15 is 0 Å². The number of rotatable bonds is 6. The van der Waals surface area contributed by atoms with Crippen LogP contribution < -0.4 is 4.74 Å². The number of hydrogen-bond acceptors (Lipinski definition) is 8. The molecule has 0 radical (unpaired) electrons. The van der Waals surface area contributed by atoms with Gasteiger partial charge >= 0.3 is 5.97 Å². The molecule has 0 fully saturated rings. The Bertz CT molecular complexity index is 970. The number of nitro groups is 1. The van der Waals surface area contributed by atoms with E-state index in [-0.39, 0.29) is 22.9 Å². The van der Waals surface area contributed by atoms with E-state index in [0.29, 0.717) is 5.89 Å². The van der Waals surface area contributed by atoms with Crippen LogP contribution in [0, 0.1) is 10.1 Å². The molecule has 138 valence electrons.